The van der Waals surface area contributed by atoms with Crippen LogP contribution in [0.25, 0.3) is 0 Å². The van der Waals surface area contributed by atoms with E-state index in [0.717, 1.165) is 4.90 Å². The van der Waals surface area contributed by atoms with Gasteiger partial charge in [0.1, 0.15) is 13.1 Å². The van der Waals surface area contributed by atoms with Crippen molar-refractivity contribution in [1.29, 1.82) is 0 Å². The summed E-state index contributed by atoms with van der Waals surface area (Å²) in [6.07, 6.45) is -0.337. The van der Waals surface area contributed by atoms with Crippen molar-refractivity contribution in [3.05, 3.63) is 59.7 Å². The number of carbonyl (C=O) groups excluding carboxylic acids is 3. The quantitative estimate of drug-likeness (QED) is 0.329. The lowest BCUT2D eigenvalue weighted by molar-refractivity contribution is -0.137. The molecule has 1 aliphatic rings. The Morgan fingerprint density at radius 2 is 1.82 bits per heavy atom. The molecule has 1 unspecified atom stereocenters. The first-order valence-electron chi connectivity index (χ1n) is 10.0. The van der Waals surface area contributed by atoms with Crippen molar-refractivity contribution < 1.29 is 24.3 Å². The highest BCUT2D eigenvalue weighted by Gasteiger charge is 2.31. The molecular formula is C22H25ClN6O5. The number of guanidine groups is 1. The number of nitrogens with two attached hydrogens (primary N) is 2. The van der Waals surface area contributed by atoms with Crippen molar-refractivity contribution in [3.63, 3.8) is 0 Å². The Hall–Kier alpha value is -4.12. The molecule has 3 amide bonds. The molecule has 0 spiro atoms. The van der Waals surface area contributed by atoms with Gasteiger partial charge in [0.15, 0.2) is 5.96 Å². The number of carboxylic acids is 1. The van der Waals surface area contributed by atoms with Crippen LogP contribution in [0.4, 0.5) is 11.4 Å². The van der Waals surface area contributed by atoms with E-state index in [1.807, 2.05) is 0 Å². The van der Waals surface area contributed by atoms with Crippen LogP contribution >= 0.6 is 12.4 Å². The van der Waals surface area contributed by atoms with E-state index in [2.05, 4.69) is 10.3 Å². The first kappa shape index (κ1) is 26.1. The van der Waals surface area contributed by atoms with Gasteiger partial charge < -0.3 is 31.7 Å². The predicted octanol–water partition coefficient (Wildman–Crippen LogP) is 0.764. The number of aliphatic imine (C=N–C) groups is 1. The molecule has 0 saturated carbocycles. The van der Waals surface area contributed by atoms with E-state index in [-0.39, 0.29) is 36.9 Å². The van der Waals surface area contributed by atoms with Gasteiger partial charge in [0.2, 0.25) is 11.8 Å². The third-order valence-electron chi connectivity index (χ3n) is 5.07. The van der Waals surface area contributed by atoms with E-state index in [0.29, 0.717) is 16.9 Å². The number of carboxylic acid groups (broad SMARTS) is 1. The van der Waals surface area contributed by atoms with Crippen molar-refractivity contribution in [2.45, 2.75) is 12.5 Å². The zero-order valence-corrected chi connectivity index (χ0v) is 19.1. The van der Waals surface area contributed by atoms with Crippen LogP contribution in [0.2, 0.25) is 0 Å². The molecule has 12 heteroatoms. The summed E-state index contributed by atoms with van der Waals surface area (Å²) >= 11 is 0. The van der Waals surface area contributed by atoms with Gasteiger partial charge in [-0.1, -0.05) is 30.3 Å². The Labute approximate surface area is 201 Å². The van der Waals surface area contributed by atoms with E-state index >= 15 is 0 Å². The molecular weight excluding hydrogens is 464 g/mol. The molecule has 0 aliphatic carbocycles. The first-order valence-corrected chi connectivity index (χ1v) is 10.0. The summed E-state index contributed by atoms with van der Waals surface area (Å²) < 4.78 is 0. The Morgan fingerprint density at radius 1 is 1.15 bits per heavy atom. The number of likely N-dealkylation sites (N-methyl/N-ethyl adjacent to an activating group) is 1. The third kappa shape index (κ3) is 6.23. The standard InChI is InChI=1S/C22H24N6O5.ClH/c1-27-17-8-7-14(25-22(23)24)9-15(17)21(33)28(12-19(27)30)11-18(29)26-16(10-20(31)32)13-5-3-2-4-6-13;/h2-9,16H,10-12H2,1H3,(H,26,29)(H,31,32)(H4,23,24,25);1H. The van der Waals surface area contributed by atoms with Gasteiger partial charge in [0.05, 0.1) is 29.4 Å². The normalized spacial score (nSPS) is 13.8. The molecule has 1 aliphatic heterocycles. The van der Waals surface area contributed by atoms with Crippen LogP contribution in [0.1, 0.15) is 28.4 Å². The zero-order chi connectivity index (χ0) is 24.1. The number of rotatable bonds is 7. The average Bonchev–Trinajstić information content (AvgIpc) is 2.84. The monoisotopic (exact) mass is 488 g/mol. The van der Waals surface area contributed by atoms with E-state index in [9.17, 15) is 24.3 Å². The number of fused-ring (bicyclic) bond motifs is 1. The number of nitrogens with zero attached hydrogens (tertiary/aromatic N) is 3. The Morgan fingerprint density at radius 3 is 2.44 bits per heavy atom. The van der Waals surface area contributed by atoms with Crippen LogP contribution in [0.3, 0.4) is 0 Å². The lowest BCUT2D eigenvalue weighted by Gasteiger charge is -2.22. The Bertz CT molecular complexity index is 1120. The molecule has 0 saturated heterocycles. The maximum atomic E-state index is 13.2. The van der Waals surface area contributed by atoms with E-state index in [4.69, 9.17) is 11.5 Å². The topological polar surface area (TPSA) is 171 Å². The second kappa shape index (κ2) is 11.1. The van der Waals surface area contributed by atoms with Gasteiger partial charge in [0, 0.05) is 7.05 Å². The summed E-state index contributed by atoms with van der Waals surface area (Å²) in [7, 11) is 1.52. The van der Waals surface area contributed by atoms with E-state index in [1.165, 1.54) is 18.0 Å². The van der Waals surface area contributed by atoms with Crippen LogP contribution < -0.4 is 21.7 Å². The van der Waals surface area contributed by atoms with Gasteiger partial charge >= 0.3 is 5.97 Å². The van der Waals surface area contributed by atoms with Crippen LogP contribution in [-0.4, -0.2) is 59.8 Å². The number of benzene rings is 2. The number of nitrogens with one attached hydrogen (secondary N) is 1. The molecule has 180 valence electrons. The average molecular weight is 489 g/mol. The fourth-order valence-electron chi connectivity index (χ4n) is 3.51. The molecule has 2 aromatic rings. The number of aliphatic carboxylic acids is 1. The fourth-order valence-corrected chi connectivity index (χ4v) is 3.51. The van der Waals surface area contributed by atoms with Crippen LogP contribution in [0.5, 0.6) is 0 Å². The van der Waals surface area contributed by atoms with Gasteiger partial charge in [-0.05, 0) is 23.8 Å². The SMILES string of the molecule is CN1C(=O)CN(CC(=O)NC(CC(=O)O)c2ccccc2)C(=O)c2cc(N=C(N)N)ccc21.Cl. The molecule has 0 aromatic heterocycles. The van der Waals surface area contributed by atoms with Gasteiger partial charge in [0.25, 0.3) is 5.91 Å². The van der Waals surface area contributed by atoms with Crippen LogP contribution in [0, 0.1) is 0 Å². The summed E-state index contributed by atoms with van der Waals surface area (Å²) in [6.45, 7) is -0.767. The number of anilines is 1. The number of amides is 3. The minimum atomic E-state index is -1.09. The molecule has 0 bridgehead atoms. The van der Waals surface area contributed by atoms with Crippen molar-refractivity contribution in [1.82, 2.24) is 10.2 Å². The number of halogens is 1. The second-order valence-corrected chi connectivity index (χ2v) is 7.48. The lowest BCUT2D eigenvalue weighted by atomic mass is 10.0. The van der Waals surface area contributed by atoms with Crippen LogP contribution in [-0.2, 0) is 14.4 Å². The van der Waals surface area contributed by atoms with Crippen molar-refractivity contribution >= 4 is 53.4 Å². The first-order chi connectivity index (χ1) is 15.7. The Balaban J connectivity index is 0.00000408. The lowest BCUT2D eigenvalue weighted by Crippen LogP contribution is -2.44. The molecule has 1 heterocycles. The van der Waals surface area contributed by atoms with E-state index in [1.54, 1.807) is 42.5 Å². The van der Waals surface area contributed by atoms with E-state index < -0.39 is 36.3 Å². The minimum absolute atomic E-state index is 0. The third-order valence-corrected chi connectivity index (χ3v) is 5.07. The molecule has 6 N–H and O–H groups in total. The molecule has 3 rings (SSSR count). The summed E-state index contributed by atoms with van der Waals surface area (Å²) in [4.78, 5) is 56.2. The highest BCUT2D eigenvalue weighted by Crippen LogP contribution is 2.29. The van der Waals surface area contributed by atoms with Crippen molar-refractivity contribution in [3.8, 4) is 0 Å². The highest BCUT2D eigenvalue weighted by atomic mass is 35.5. The summed E-state index contributed by atoms with van der Waals surface area (Å²) in [5.41, 5.74) is 12.3. The summed E-state index contributed by atoms with van der Waals surface area (Å²) in [5, 5.41) is 11.9. The molecule has 2 aromatic carbocycles. The number of hydrogen-bond acceptors (Lipinski definition) is 5. The largest absolute Gasteiger partial charge is 0.481 e. The molecule has 11 nitrogen and oxygen atoms in total. The molecule has 1 atom stereocenters. The van der Waals surface area contributed by atoms with Gasteiger partial charge in [-0.15, -0.1) is 12.4 Å². The molecule has 0 fully saturated rings. The van der Waals surface area contributed by atoms with Gasteiger partial charge in [-0.2, -0.15) is 0 Å². The fraction of sp³-hybridized carbons (Fsp3) is 0.227. The predicted molar refractivity (Wildman–Crippen MR) is 128 cm³/mol. The maximum Gasteiger partial charge on any atom is 0.305 e. The summed E-state index contributed by atoms with van der Waals surface area (Å²) in [6, 6.07) is 12.4. The minimum Gasteiger partial charge on any atom is -0.481 e. The highest BCUT2D eigenvalue weighted by molar-refractivity contribution is 6.10. The number of carbonyl (C=O) groups is 4. The zero-order valence-electron chi connectivity index (χ0n) is 18.3. The number of hydrogen-bond donors (Lipinski definition) is 4. The van der Waals surface area contributed by atoms with Gasteiger partial charge in [-0.3, -0.25) is 19.2 Å². The Kier molecular flexibility index (Phi) is 8.57. The summed E-state index contributed by atoms with van der Waals surface area (Å²) in [5.74, 6) is -2.83. The van der Waals surface area contributed by atoms with Crippen molar-refractivity contribution in [2.24, 2.45) is 16.5 Å². The molecule has 0 radical (unpaired) electrons. The second-order valence-electron chi connectivity index (χ2n) is 7.48. The van der Waals surface area contributed by atoms with Crippen LogP contribution in [0.15, 0.2) is 53.5 Å². The maximum absolute atomic E-state index is 13.2. The van der Waals surface area contributed by atoms with Crippen molar-refractivity contribution in [2.75, 3.05) is 25.0 Å². The molecule has 34 heavy (non-hydrogen) atoms. The smallest absolute Gasteiger partial charge is 0.305 e. The van der Waals surface area contributed by atoms with Gasteiger partial charge in [-0.25, -0.2) is 4.99 Å².